The first-order valence-corrected chi connectivity index (χ1v) is 4.07. The quantitative estimate of drug-likeness (QED) is 0.666. The maximum Gasteiger partial charge on any atom is 0.418 e. The van der Waals surface area contributed by atoms with E-state index in [1.54, 1.807) is 0 Å². The second-order valence-corrected chi connectivity index (χ2v) is 3.07. The number of alkyl halides is 3. The molecule has 1 aromatic rings. The van der Waals surface area contributed by atoms with Crippen LogP contribution in [0.3, 0.4) is 0 Å². The summed E-state index contributed by atoms with van der Waals surface area (Å²) in [4.78, 5) is 10.4. The number of thiophene rings is 1. The van der Waals surface area contributed by atoms with E-state index in [0.29, 0.717) is 11.3 Å². The van der Waals surface area contributed by atoms with Crippen LogP contribution >= 0.6 is 11.3 Å². The molecule has 0 amide bonds. The highest BCUT2D eigenvalue weighted by atomic mass is 32.1. The average molecular weight is 210 g/mol. The fourth-order valence-electron chi connectivity index (χ4n) is 0.783. The van der Waals surface area contributed by atoms with E-state index >= 15 is 0 Å². The summed E-state index contributed by atoms with van der Waals surface area (Å²) in [5.74, 6) is -0.956. The molecule has 0 atom stereocenters. The summed E-state index contributed by atoms with van der Waals surface area (Å²) in [5.41, 5.74) is -0.940. The minimum atomic E-state index is -4.50. The molecule has 1 heterocycles. The maximum absolute atomic E-state index is 12.2. The smallest absolute Gasteiger partial charge is 0.418 e. The highest BCUT2D eigenvalue weighted by Crippen LogP contribution is 2.34. The topological polar surface area (TPSA) is 26.3 Å². The van der Waals surface area contributed by atoms with E-state index in [1.165, 1.54) is 5.38 Å². The fourth-order valence-corrected chi connectivity index (χ4v) is 1.61. The molecule has 0 aromatic carbocycles. The van der Waals surface area contributed by atoms with Crippen molar-refractivity contribution < 1.29 is 22.7 Å². The van der Waals surface area contributed by atoms with Gasteiger partial charge in [-0.25, -0.2) is 4.79 Å². The van der Waals surface area contributed by atoms with Crippen LogP contribution in [0.4, 0.5) is 13.2 Å². The van der Waals surface area contributed by atoms with Crippen molar-refractivity contribution in [2.75, 3.05) is 7.11 Å². The third-order valence-electron chi connectivity index (χ3n) is 1.34. The van der Waals surface area contributed by atoms with Crippen molar-refractivity contribution in [3.63, 3.8) is 0 Å². The summed E-state index contributed by atoms with van der Waals surface area (Å²) in [7, 11) is 1.04. The Morgan fingerprint density at radius 2 is 2.15 bits per heavy atom. The standard InChI is InChI=1S/C7H5F3O2S/c1-12-6(11)5-4(2-3-13-5)7(8,9)10/h2-3H,1H3. The van der Waals surface area contributed by atoms with Crippen LogP contribution in [0.25, 0.3) is 0 Å². The molecular weight excluding hydrogens is 205 g/mol. The molecule has 0 radical (unpaired) electrons. The number of esters is 1. The molecule has 6 heteroatoms. The molecule has 0 N–H and O–H groups in total. The van der Waals surface area contributed by atoms with E-state index in [4.69, 9.17) is 0 Å². The molecule has 0 aliphatic heterocycles. The van der Waals surface area contributed by atoms with Crippen LogP contribution in [-0.2, 0) is 10.9 Å². The average Bonchev–Trinajstić information content (AvgIpc) is 2.49. The normalized spacial score (nSPS) is 11.4. The molecule has 0 spiro atoms. The zero-order chi connectivity index (χ0) is 10.1. The highest BCUT2D eigenvalue weighted by Gasteiger charge is 2.36. The van der Waals surface area contributed by atoms with Gasteiger partial charge in [0.05, 0.1) is 12.7 Å². The first kappa shape index (κ1) is 10.0. The van der Waals surface area contributed by atoms with E-state index in [9.17, 15) is 18.0 Å². The third-order valence-corrected chi connectivity index (χ3v) is 2.24. The first-order chi connectivity index (χ1) is 5.96. The molecule has 0 saturated heterocycles. The highest BCUT2D eigenvalue weighted by molar-refractivity contribution is 7.12. The molecule has 1 rings (SSSR count). The van der Waals surface area contributed by atoms with Crippen LogP contribution in [0.15, 0.2) is 11.4 Å². The number of methoxy groups -OCH3 is 1. The number of halogens is 3. The molecule has 0 aliphatic rings. The van der Waals surface area contributed by atoms with Crippen molar-refractivity contribution in [2.45, 2.75) is 6.18 Å². The van der Waals surface area contributed by atoms with Gasteiger partial charge in [-0.05, 0) is 11.4 Å². The van der Waals surface area contributed by atoms with E-state index in [2.05, 4.69) is 4.74 Å². The second kappa shape index (κ2) is 3.37. The first-order valence-electron chi connectivity index (χ1n) is 3.20. The lowest BCUT2D eigenvalue weighted by Gasteiger charge is -2.05. The summed E-state index contributed by atoms with van der Waals surface area (Å²) < 4.78 is 40.7. The number of hydrogen-bond donors (Lipinski definition) is 0. The zero-order valence-electron chi connectivity index (χ0n) is 6.51. The summed E-state index contributed by atoms with van der Waals surface area (Å²) in [6, 6.07) is 0.858. The van der Waals surface area contributed by atoms with Crippen molar-refractivity contribution in [1.82, 2.24) is 0 Å². The third kappa shape index (κ3) is 2.00. The zero-order valence-corrected chi connectivity index (χ0v) is 7.33. The molecular formula is C7H5F3O2S. The van der Waals surface area contributed by atoms with E-state index in [1.807, 2.05) is 0 Å². The number of carbonyl (C=O) groups is 1. The Hall–Kier alpha value is -1.04. The lowest BCUT2D eigenvalue weighted by Crippen LogP contribution is -2.10. The molecule has 0 bridgehead atoms. The Balaban J connectivity index is 3.10. The van der Waals surface area contributed by atoms with Crippen LogP contribution in [0.5, 0.6) is 0 Å². The van der Waals surface area contributed by atoms with Gasteiger partial charge in [0.1, 0.15) is 4.88 Å². The van der Waals surface area contributed by atoms with Gasteiger partial charge in [-0.15, -0.1) is 11.3 Å². The van der Waals surface area contributed by atoms with E-state index < -0.39 is 22.6 Å². The largest absolute Gasteiger partial charge is 0.465 e. The van der Waals surface area contributed by atoms with Crippen molar-refractivity contribution >= 4 is 17.3 Å². The van der Waals surface area contributed by atoms with Gasteiger partial charge in [-0.1, -0.05) is 0 Å². The summed E-state index contributed by atoms with van der Waals surface area (Å²) in [6.45, 7) is 0. The van der Waals surface area contributed by atoms with Crippen LogP contribution < -0.4 is 0 Å². The molecule has 13 heavy (non-hydrogen) atoms. The predicted octanol–water partition coefficient (Wildman–Crippen LogP) is 2.55. The maximum atomic E-state index is 12.2. The van der Waals surface area contributed by atoms with Crippen molar-refractivity contribution in [2.24, 2.45) is 0 Å². The van der Waals surface area contributed by atoms with Crippen molar-refractivity contribution in [3.8, 4) is 0 Å². The fraction of sp³-hybridized carbons (Fsp3) is 0.286. The monoisotopic (exact) mass is 210 g/mol. The molecule has 0 unspecified atom stereocenters. The molecule has 72 valence electrons. The summed E-state index contributed by atoms with van der Waals surface area (Å²) >= 11 is 0.715. The van der Waals surface area contributed by atoms with Gasteiger partial charge in [0.25, 0.3) is 0 Å². The van der Waals surface area contributed by atoms with Crippen molar-refractivity contribution in [1.29, 1.82) is 0 Å². The van der Waals surface area contributed by atoms with Crippen molar-refractivity contribution in [3.05, 3.63) is 21.9 Å². The Morgan fingerprint density at radius 3 is 2.62 bits per heavy atom. The van der Waals surface area contributed by atoms with E-state index in [0.717, 1.165) is 13.2 Å². The molecule has 0 aliphatic carbocycles. The van der Waals surface area contributed by atoms with Crippen LogP contribution in [0.2, 0.25) is 0 Å². The van der Waals surface area contributed by atoms with Gasteiger partial charge < -0.3 is 4.74 Å². The lowest BCUT2D eigenvalue weighted by atomic mass is 10.2. The summed E-state index contributed by atoms with van der Waals surface area (Å²) in [6.07, 6.45) is -4.50. The number of rotatable bonds is 1. The summed E-state index contributed by atoms with van der Waals surface area (Å²) in [5, 5.41) is 1.20. The van der Waals surface area contributed by atoms with Crippen LogP contribution in [-0.4, -0.2) is 13.1 Å². The minimum Gasteiger partial charge on any atom is -0.465 e. The van der Waals surface area contributed by atoms with Gasteiger partial charge >= 0.3 is 12.1 Å². The van der Waals surface area contributed by atoms with E-state index in [-0.39, 0.29) is 0 Å². The van der Waals surface area contributed by atoms with Gasteiger partial charge in [-0.2, -0.15) is 13.2 Å². The Bertz CT molecular complexity index is 316. The Kier molecular flexibility index (Phi) is 2.60. The van der Waals surface area contributed by atoms with Crippen LogP contribution in [0, 0.1) is 0 Å². The minimum absolute atomic E-state index is 0.407. The SMILES string of the molecule is COC(=O)c1sccc1C(F)(F)F. The second-order valence-electron chi connectivity index (χ2n) is 2.15. The van der Waals surface area contributed by atoms with Gasteiger partial charge in [0, 0.05) is 0 Å². The van der Waals surface area contributed by atoms with Crippen LogP contribution in [0.1, 0.15) is 15.2 Å². The van der Waals surface area contributed by atoms with Gasteiger partial charge in [0.2, 0.25) is 0 Å². The van der Waals surface area contributed by atoms with Gasteiger partial charge in [0.15, 0.2) is 0 Å². The lowest BCUT2D eigenvalue weighted by molar-refractivity contribution is -0.137. The molecule has 2 nitrogen and oxygen atoms in total. The molecule has 0 saturated carbocycles. The molecule has 0 fully saturated rings. The number of hydrogen-bond acceptors (Lipinski definition) is 3. The van der Waals surface area contributed by atoms with Gasteiger partial charge in [-0.3, -0.25) is 0 Å². The Labute approximate surface area is 75.9 Å². The number of ether oxygens (including phenoxy) is 1. The predicted molar refractivity (Wildman–Crippen MR) is 40.7 cm³/mol. The molecule has 1 aromatic heterocycles. The number of carbonyl (C=O) groups excluding carboxylic acids is 1. The Morgan fingerprint density at radius 1 is 1.54 bits per heavy atom.